The van der Waals surface area contributed by atoms with Gasteiger partial charge in [0.15, 0.2) is 12.4 Å². The third-order valence-electron chi connectivity index (χ3n) is 2.88. The van der Waals surface area contributed by atoms with E-state index in [0.29, 0.717) is 11.3 Å². The number of hydrogen-bond acceptors (Lipinski definition) is 5. The highest BCUT2D eigenvalue weighted by molar-refractivity contribution is 5.97. The van der Waals surface area contributed by atoms with E-state index in [1.807, 2.05) is 0 Å². The number of nitro groups is 1. The van der Waals surface area contributed by atoms with E-state index in [1.165, 1.54) is 24.3 Å². The zero-order valence-corrected chi connectivity index (χ0v) is 11.1. The predicted octanol–water partition coefficient (Wildman–Crippen LogP) is 2.35. The fourth-order valence-corrected chi connectivity index (χ4v) is 1.69. The van der Waals surface area contributed by atoms with Gasteiger partial charge in [0.05, 0.1) is 11.5 Å². The summed E-state index contributed by atoms with van der Waals surface area (Å²) in [4.78, 5) is 21.9. The molecular formula is C15H13NO5. The topological polar surface area (TPSA) is 89.7 Å². The lowest BCUT2D eigenvalue weighted by molar-refractivity contribution is -0.384. The maximum absolute atomic E-state index is 11.9. The molecule has 0 heterocycles. The van der Waals surface area contributed by atoms with Gasteiger partial charge in [-0.3, -0.25) is 14.9 Å². The first-order valence-corrected chi connectivity index (χ1v) is 6.20. The van der Waals surface area contributed by atoms with Crippen molar-refractivity contribution < 1.29 is 19.6 Å². The molecule has 0 saturated heterocycles. The molecule has 1 N–H and O–H groups in total. The van der Waals surface area contributed by atoms with Crippen LogP contribution in [0.25, 0.3) is 0 Å². The standard InChI is InChI=1S/C15H13NO5/c17-9-11-1-7-14(8-2-11)21-10-15(18)12-3-5-13(6-4-12)16(19)20/h1-8,17H,9-10H2. The number of hydrogen-bond donors (Lipinski definition) is 1. The number of aliphatic hydroxyl groups is 1. The second kappa shape index (κ2) is 6.62. The summed E-state index contributed by atoms with van der Waals surface area (Å²) < 4.78 is 5.33. The summed E-state index contributed by atoms with van der Waals surface area (Å²) in [6, 6.07) is 12.1. The summed E-state index contributed by atoms with van der Waals surface area (Å²) in [6.07, 6.45) is 0. The molecule has 0 amide bonds. The highest BCUT2D eigenvalue weighted by Gasteiger charge is 2.10. The van der Waals surface area contributed by atoms with Gasteiger partial charge in [-0.05, 0) is 29.8 Å². The molecule has 0 aliphatic carbocycles. The van der Waals surface area contributed by atoms with Crippen molar-refractivity contribution in [1.29, 1.82) is 0 Å². The number of benzene rings is 2. The molecule has 2 aromatic carbocycles. The molecule has 0 aliphatic rings. The highest BCUT2D eigenvalue weighted by Crippen LogP contribution is 2.15. The van der Waals surface area contributed by atoms with E-state index in [9.17, 15) is 14.9 Å². The molecule has 0 unspecified atom stereocenters. The van der Waals surface area contributed by atoms with Crippen molar-refractivity contribution >= 4 is 11.5 Å². The number of non-ortho nitro benzene ring substituents is 1. The number of aliphatic hydroxyl groups excluding tert-OH is 1. The Balaban J connectivity index is 1.95. The summed E-state index contributed by atoms with van der Waals surface area (Å²) >= 11 is 0. The van der Waals surface area contributed by atoms with Gasteiger partial charge in [0.1, 0.15) is 5.75 Å². The van der Waals surface area contributed by atoms with Crippen molar-refractivity contribution in [2.75, 3.05) is 6.61 Å². The molecule has 108 valence electrons. The molecule has 21 heavy (non-hydrogen) atoms. The van der Waals surface area contributed by atoms with Gasteiger partial charge in [0.2, 0.25) is 0 Å². The largest absolute Gasteiger partial charge is 0.485 e. The van der Waals surface area contributed by atoms with Crippen molar-refractivity contribution in [2.45, 2.75) is 6.61 Å². The molecule has 6 heteroatoms. The molecule has 6 nitrogen and oxygen atoms in total. The summed E-state index contributed by atoms with van der Waals surface area (Å²) in [5, 5.41) is 19.4. The van der Waals surface area contributed by atoms with Crippen molar-refractivity contribution in [3.05, 3.63) is 69.8 Å². The van der Waals surface area contributed by atoms with Crippen LogP contribution in [0.5, 0.6) is 5.75 Å². The van der Waals surface area contributed by atoms with E-state index in [4.69, 9.17) is 9.84 Å². The minimum Gasteiger partial charge on any atom is -0.485 e. The van der Waals surface area contributed by atoms with Crippen LogP contribution in [-0.2, 0) is 6.61 Å². The van der Waals surface area contributed by atoms with Crippen molar-refractivity contribution in [3.63, 3.8) is 0 Å². The Hall–Kier alpha value is -2.73. The Morgan fingerprint density at radius 3 is 2.24 bits per heavy atom. The van der Waals surface area contributed by atoms with Crippen LogP contribution in [0, 0.1) is 10.1 Å². The summed E-state index contributed by atoms with van der Waals surface area (Å²) in [6.45, 7) is -0.210. The number of rotatable bonds is 6. The lowest BCUT2D eigenvalue weighted by atomic mass is 10.1. The molecule has 0 spiro atoms. The van der Waals surface area contributed by atoms with Gasteiger partial charge < -0.3 is 9.84 Å². The molecule has 0 bridgehead atoms. The molecule has 0 atom stereocenters. The summed E-state index contributed by atoms with van der Waals surface area (Å²) in [7, 11) is 0. The van der Waals surface area contributed by atoms with Crippen LogP contribution in [0.4, 0.5) is 5.69 Å². The Bertz CT molecular complexity index is 634. The number of Topliss-reactive ketones (excluding diaryl/α,β-unsaturated/α-hetero) is 1. The number of ether oxygens (including phenoxy) is 1. The van der Waals surface area contributed by atoms with E-state index >= 15 is 0 Å². The van der Waals surface area contributed by atoms with E-state index in [-0.39, 0.29) is 24.7 Å². The number of nitrogens with zero attached hydrogens (tertiary/aromatic N) is 1. The lowest BCUT2D eigenvalue weighted by Crippen LogP contribution is -2.11. The molecular weight excluding hydrogens is 274 g/mol. The van der Waals surface area contributed by atoms with Gasteiger partial charge in [-0.2, -0.15) is 0 Å². The van der Waals surface area contributed by atoms with E-state index in [1.54, 1.807) is 24.3 Å². The third kappa shape index (κ3) is 3.87. The van der Waals surface area contributed by atoms with Crippen LogP contribution >= 0.6 is 0 Å². The Kier molecular flexibility index (Phi) is 4.63. The summed E-state index contributed by atoms with van der Waals surface area (Å²) in [5.41, 5.74) is 1.05. The number of ketones is 1. The molecule has 0 saturated carbocycles. The zero-order chi connectivity index (χ0) is 15.2. The monoisotopic (exact) mass is 287 g/mol. The van der Waals surface area contributed by atoms with Crippen LogP contribution in [0.2, 0.25) is 0 Å². The van der Waals surface area contributed by atoms with Gasteiger partial charge in [-0.1, -0.05) is 12.1 Å². The number of carbonyl (C=O) groups excluding carboxylic acids is 1. The lowest BCUT2D eigenvalue weighted by Gasteiger charge is -2.06. The second-order valence-electron chi connectivity index (χ2n) is 4.32. The number of nitro benzene ring substituents is 1. The fraction of sp³-hybridized carbons (Fsp3) is 0.133. The molecule has 0 fully saturated rings. The minimum absolute atomic E-state index is 0.0536. The van der Waals surface area contributed by atoms with Crippen LogP contribution < -0.4 is 4.74 Å². The maximum Gasteiger partial charge on any atom is 0.269 e. The maximum atomic E-state index is 11.9. The fourth-order valence-electron chi connectivity index (χ4n) is 1.69. The quantitative estimate of drug-likeness (QED) is 0.500. The molecule has 2 rings (SSSR count). The molecule has 0 radical (unpaired) electrons. The van der Waals surface area contributed by atoms with E-state index in [2.05, 4.69) is 0 Å². The van der Waals surface area contributed by atoms with Gasteiger partial charge in [0.25, 0.3) is 5.69 Å². The van der Waals surface area contributed by atoms with Gasteiger partial charge in [-0.15, -0.1) is 0 Å². The van der Waals surface area contributed by atoms with Crippen LogP contribution in [-0.4, -0.2) is 22.4 Å². The first-order chi connectivity index (χ1) is 10.1. The SMILES string of the molecule is O=C(COc1ccc(CO)cc1)c1ccc([N+](=O)[O-])cc1. The van der Waals surface area contributed by atoms with Gasteiger partial charge in [0, 0.05) is 17.7 Å². The molecule has 2 aromatic rings. The number of carbonyl (C=O) groups is 1. The zero-order valence-electron chi connectivity index (χ0n) is 11.1. The molecule has 0 aromatic heterocycles. The van der Waals surface area contributed by atoms with Crippen LogP contribution in [0.1, 0.15) is 15.9 Å². The van der Waals surface area contributed by atoms with Crippen molar-refractivity contribution in [3.8, 4) is 5.75 Å². The Morgan fingerprint density at radius 2 is 1.71 bits per heavy atom. The van der Waals surface area contributed by atoms with Gasteiger partial charge >= 0.3 is 0 Å². The first kappa shape index (κ1) is 14.7. The average molecular weight is 287 g/mol. The van der Waals surface area contributed by atoms with Crippen LogP contribution in [0.15, 0.2) is 48.5 Å². The van der Waals surface area contributed by atoms with Crippen LogP contribution in [0.3, 0.4) is 0 Å². The van der Waals surface area contributed by atoms with E-state index in [0.717, 1.165) is 5.56 Å². The summed E-state index contributed by atoms with van der Waals surface area (Å²) in [5.74, 6) is 0.249. The van der Waals surface area contributed by atoms with Gasteiger partial charge in [-0.25, -0.2) is 0 Å². The van der Waals surface area contributed by atoms with Crippen molar-refractivity contribution in [2.24, 2.45) is 0 Å². The minimum atomic E-state index is -0.520. The van der Waals surface area contributed by atoms with Crippen molar-refractivity contribution in [1.82, 2.24) is 0 Å². The first-order valence-electron chi connectivity index (χ1n) is 6.20. The average Bonchev–Trinajstić information content (AvgIpc) is 2.53. The third-order valence-corrected chi connectivity index (χ3v) is 2.88. The second-order valence-corrected chi connectivity index (χ2v) is 4.32. The Morgan fingerprint density at radius 1 is 1.10 bits per heavy atom. The normalized spacial score (nSPS) is 10.1. The van der Waals surface area contributed by atoms with E-state index < -0.39 is 4.92 Å². The smallest absolute Gasteiger partial charge is 0.269 e. The molecule has 0 aliphatic heterocycles. The highest BCUT2D eigenvalue weighted by atomic mass is 16.6. The predicted molar refractivity (Wildman–Crippen MR) is 75.3 cm³/mol. The Labute approximate surface area is 120 Å².